The van der Waals surface area contributed by atoms with Crippen LogP contribution in [0.15, 0.2) is 0 Å². The van der Waals surface area contributed by atoms with Crippen LogP contribution in [0.2, 0.25) is 0 Å². The first-order valence-corrected chi connectivity index (χ1v) is 4.98. The molecule has 0 aliphatic rings. The topological polar surface area (TPSA) is 50.1 Å². The van der Waals surface area contributed by atoms with Gasteiger partial charge in [0.2, 0.25) is 0 Å². The number of nitriles is 1. The Morgan fingerprint density at radius 2 is 2.20 bits per heavy atom. The molecule has 0 aromatic carbocycles. The monoisotopic (exact) mass is 207 g/mol. The Kier molecular flexibility index (Phi) is 5.49. The zero-order valence-corrected chi connectivity index (χ0v) is 9.54. The van der Waals surface area contributed by atoms with Gasteiger partial charge in [0, 0.05) is 12.8 Å². The van der Waals surface area contributed by atoms with Crippen LogP contribution in [-0.4, -0.2) is 11.6 Å². The fourth-order valence-electron chi connectivity index (χ4n) is 0.987. The number of nitrogens with zero attached hydrogens (tertiary/aromatic N) is 1. The molecular weight excluding hydrogens is 190 g/mol. The summed E-state index contributed by atoms with van der Waals surface area (Å²) < 4.78 is 5.06. The zero-order valence-electron chi connectivity index (χ0n) is 9.54. The molecule has 0 saturated heterocycles. The zero-order chi connectivity index (χ0) is 11.9. The summed E-state index contributed by atoms with van der Waals surface area (Å²) in [7, 11) is 0. The van der Waals surface area contributed by atoms with Crippen molar-refractivity contribution >= 4 is 5.97 Å². The standard InChI is InChI=1S/C12H17NO2/c1-5-12(3,4)15-11(14)7-6-10(2)8-9-13/h1,10H,6-8H2,2-4H3. The SMILES string of the molecule is C#CC(C)(C)OC(=O)CCC(C)CC#N. The predicted molar refractivity (Wildman–Crippen MR) is 57.6 cm³/mol. The average molecular weight is 207 g/mol. The van der Waals surface area contributed by atoms with Gasteiger partial charge in [0.25, 0.3) is 0 Å². The molecule has 3 heteroatoms. The molecule has 3 nitrogen and oxygen atoms in total. The lowest BCUT2D eigenvalue weighted by Gasteiger charge is -2.18. The van der Waals surface area contributed by atoms with Gasteiger partial charge in [-0.3, -0.25) is 4.79 Å². The van der Waals surface area contributed by atoms with Crippen molar-refractivity contribution in [2.24, 2.45) is 5.92 Å². The molecular formula is C12H17NO2. The first kappa shape index (κ1) is 13.5. The Labute approximate surface area is 91.4 Å². The molecule has 0 spiro atoms. The molecule has 0 amide bonds. The van der Waals surface area contributed by atoms with Gasteiger partial charge in [-0.2, -0.15) is 5.26 Å². The average Bonchev–Trinajstić information content (AvgIpc) is 2.15. The number of hydrogen-bond acceptors (Lipinski definition) is 3. The molecule has 0 aromatic heterocycles. The number of rotatable bonds is 5. The van der Waals surface area contributed by atoms with E-state index in [0.717, 1.165) is 0 Å². The molecule has 0 aromatic rings. The lowest BCUT2D eigenvalue weighted by atomic mass is 10.0. The third kappa shape index (κ3) is 6.57. The van der Waals surface area contributed by atoms with Crippen LogP contribution in [-0.2, 0) is 9.53 Å². The Bertz CT molecular complexity index is 294. The van der Waals surface area contributed by atoms with E-state index < -0.39 is 5.60 Å². The number of esters is 1. The molecule has 0 aliphatic heterocycles. The molecule has 0 fully saturated rings. The molecule has 0 bridgehead atoms. The van der Waals surface area contributed by atoms with E-state index in [2.05, 4.69) is 12.0 Å². The van der Waals surface area contributed by atoms with Crippen LogP contribution in [0.25, 0.3) is 0 Å². The molecule has 0 rings (SSSR count). The number of carbonyl (C=O) groups excluding carboxylic acids is 1. The summed E-state index contributed by atoms with van der Waals surface area (Å²) in [6.45, 7) is 5.27. The summed E-state index contributed by atoms with van der Waals surface area (Å²) in [5, 5.41) is 8.43. The minimum absolute atomic E-state index is 0.219. The van der Waals surface area contributed by atoms with E-state index in [4.69, 9.17) is 16.4 Å². The maximum atomic E-state index is 11.3. The Hall–Kier alpha value is -1.48. The van der Waals surface area contributed by atoms with E-state index in [1.165, 1.54) is 0 Å². The van der Waals surface area contributed by atoms with E-state index in [0.29, 0.717) is 19.3 Å². The second kappa shape index (κ2) is 6.09. The van der Waals surface area contributed by atoms with Crippen LogP contribution >= 0.6 is 0 Å². The van der Waals surface area contributed by atoms with Gasteiger partial charge < -0.3 is 4.74 Å². The van der Waals surface area contributed by atoms with Crippen LogP contribution in [0.1, 0.15) is 40.0 Å². The molecule has 1 unspecified atom stereocenters. The molecule has 15 heavy (non-hydrogen) atoms. The minimum atomic E-state index is -0.838. The van der Waals surface area contributed by atoms with Crippen molar-refractivity contribution < 1.29 is 9.53 Å². The number of terminal acetylenes is 1. The van der Waals surface area contributed by atoms with E-state index in [1.807, 2.05) is 6.92 Å². The highest BCUT2D eigenvalue weighted by Crippen LogP contribution is 2.13. The van der Waals surface area contributed by atoms with Crippen molar-refractivity contribution in [3.8, 4) is 18.4 Å². The van der Waals surface area contributed by atoms with Crippen LogP contribution in [0.5, 0.6) is 0 Å². The molecule has 0 radical (unpaired) electrons. The van der Waals surface area contributed by atoms with E-state index in [9.17, 15) is 4.79 Å². The molecule has 0 saturated carbocycles. The van der Waals surface area contributed by atoms with Crippen LogP contribution < -0.4 is 0 Å². The first-order chi connectivity index (χ1) is 6.91. The van der Waals surface area contributed by atoms with Gasteiger partial charge >= 0.3 is 5.97 Å². The molecule has 0 heterocycles. The lowest BCUT2D eigenvalue weighted by molar-refractivity contribution is -0.152. The summed E-state index contributed by atoms with van der Waals surface area (Å²) in [5.74, 6) is 2.31. The van der Waals surface area contributed by atoms with Crippen molar-refractivity contribution in [1.29, 1.82) is 5.26 Å². The smallest absolute Gasteiger partial charge is 0.307 e. The van der Waals surface area contributed by atoms with Crippen molar-refractivity contribution in [2.45, 2.75) is 45.6 Å². The quantitative estimate of drug-likeness (QED) is 0.513. The summed E-state index contributed by atoms with van der Waals surface area (Å²) in [6, 6.07) is 2.07. The normalized spacial score (nSPS) is 12.3. The van der Waals surface area contributed by atoms with E-state index in [1.54, 1.807) is 13.8 Å². The predicted octanol–water partition coefficient (Wildman–Crippen LogP) is 2.27. The van der Waals surface area contributed by atoms with Gasteiger partial charge in [0.15, 0.2) is 5.60 Å². The van der Waals surface area contributed by atoms with E-state index in [-0.39, 0.29) is 11.9 Å². The summed E-state index contributed by atoms with van der Waals surface area (Å²) in [4.78, 5) is 11.3. The fourth-order valence-corrected chi connectivity index (χ4v) is 0.987. The number of carbonyl (C=O) groups is 1. The molecule has 0 aliphatic carbocycles. The van der Waals surface area contributed by atoms with Gasteiger partial charge in [-0.05, 0) is 26.2 Å². The Morgan fingerprint density at radius 1 is 1.60 bits per heavy atom. The molecule has 1 atom stereocenters. The maximum Gasteiger partial charge on any atom is 0.307 e. The van der Waals surface area contributed by atoms with Crippen molar-refractivity contribution in [2.75, 3.05) is 0 Å². The lowest BCUT2D eigenvalue weighted by Crippen LogP contribution is -2.26. The van der Waals surface area contributed by atoms with E-state index >= 15 is 0 Å². The summed E-state index contributed by atoms with van der Waals surface area (Å²) >= 11 is 0. The summed E-state index contributed by atoms with van der Waals surface area (Å²) in [5.41, 5.74) is -0.838. The molecule has 0 N–H and O–H groups in total. The van der Waals surface area contributed by atoms with Crippen molar-refractivity contribution in [3.63, 3.8) is 0 Å². The highest BCUT2D eigenvalue weighted by atomic mass is 16.6. The maximum absolute atomic E-state index is 11.3. The van der Waals surface area contributed by atoms with Gasteiger partial charge in [0.1, 0.15) is 0 Å². The third-order valence-electron chi connectivity index (χ3n) is 2.00. The Morgan fingerprint density at radius 3 is 2.67 bits per heavy atom. The third-order valence-corrected chi connectivity index (χ3v) is 2.00. The van der Waals surface area contributed by atoms with Crippen LogP contribution in [0.4, 0.5) is 0 Å². The highest BCUT2D eigenvalue weighted by Gasteiger charge is 2.19. The second-order valence-electron chi connectivity index (χ2n) is 4.13. The molecule has 82 valence electrons. The van der Waals surface area contributed by atoms with Crippen LogP contribution in [0.3, 0.4) is 0 Å². The number of hydrogen-bond donors (Lipinski definition) is 0. The Balaban J connectivity index is 3.88. The van der Waals surface area contributed by atoms with Gasteiger partial charge in [-0.1, -0.05) is 12.8 Å². The summed E-state index contributed by atoms with van der Waals surface area (Å²) in [6.07, 6.45) is 6.63. The second-order valence-corrected chi connectivity index (χ2v) is 4.13. The van der Waals surface area contributed by atoms with Gasteiger partial charge in [0.05, 0.1) is 6.07 Å². The van der Waals surface area contributed by atoms with Crippen LogP contribution in [0, 0.1) is 29.6 Å². The largest absolute Gasteiger partial charge is 0.446 e. The van der Waals surface area contributed by atoms with Gasteiger partial charge in [-0.25, -0.2) is 0 Å². The fraction of sp³-hybridized carbons (Fsp3) is 0.667. The van der Waals surface area contributed by atoms with Crippen molar-refractivity contribution in [3.05, 3.63) is 0 Å². The minimum Gasteiger partial charge on any atom is -0.446 e. The number of ether oxygens (including phenoxy) is 1. The first-order valence-electron chi connectivity index (χ1n) is 4.98. The van der Waals surface area contributed by atoms with Crippen molar-refractivity contribution in [1.82, 2.24) is 0 Å². The van der Waals surface area contributed by atoms with Gasteiger partial charge in [-0.15, -0.1) is 6.42 Å². The highest BCUT2D eigenvalue weighted by molar-refractivity contribution is 5.70.